The second kappa shape index (κ2) is 10.7. The van der Waals surface area contributed by atoms with Crippen molar-refractivity contribution < 1.29 is 23.9 Å². The van der Waals surface area contributed by atoms with E-state index in [-0.39, 0.29) is 36.6 Å². The van der Waals surface area contributed by atoms with Gasteiger partial charge in [-0.2, -0.15) is 0 Å². The molecule has 1 aromatic carbocycles. The van der Waals surface area contributed by atoms with Crippen molar-refractivity contribution in [2.45, 2.75) is 19.3 Å². The number of amides is 1. The number of esters is 2. The summed E-state index contributed by atoms with van der Waals surface area (Å²) < 4.78 is 9.92. The molecule has 2 aromatic rings. The number of anilines is 1. The highest BCUT2D eigenvalue weighted by Crippen LogP contribution is 2.28. The molecule has 0 atom stereocenters. The fourth-order valence-corrected chi connectivity index (χ4v) is 4.08. The van der Waals surface area contributed by atoms with E-state index in [1.807, 2.05) is 4.90 Å². The Bertz CT molecular complexity index is 983. The van der Waals surface area contributed by atoms with Crippen LogP contribution in [-0.4, -0.2) is 55.4 Å². The maximum Gasteiger partial charge on any atom is 0.355 e. The summed E-state index contributed by atoms with van der Waals surface area (Å²) in [4.78, 5) is 42.6. The Morgan fingerprint density at radius 2 is 1.94 bits per heavy atom. The molecule has 1 fully saturated rings. The van der Waals surface area contributed by atoms with Gasteiger partial charge in [0.15, 0.2) is 5.13 Å². The van der Waals surface area contributed by atoms with Crippen molar-refractivity contribution in [1.82, 2.24) is 10.3 Å². The molecule has 1 saturated heterocycles. The lowest BCUT2D eigenvalue weighted by atomic mass is 9.96. The van der Waals surface area contributed by atoms with Gasteiger partial charge >= 0.3 is 11.9 Å². The van der Waals surface area contributed by atoms with Gasteiger partial charge in [0.25, 0.3) is 0 Å². The van der Waals surface area contributed by atoms with Crippen LogP contribution in [0.2, 0.25) is 0 Å². The third kappa shape index (κ3) is 6.03. The molecule has 2 heterocycles. The minimum absolute atomic E-state index is 0.0579. The number of nitrogens with zero attached hydrogens (tertiary/aromatic N) is 2. The van der Waals surface area contributed by atoms with E-state index in [0.29, 0.717) is 47.3 Å². The lowest BCUT2D eigenvalue weighted by Crippen LogP contribution is -2.41. The van der Waals surface area contributed by atoms with Crippen LogP contribution in [0.3, 0.4) is 0 Å². The Morgan fingerprint density at radius 3 is 2.56 bits per heavy atom. The average molecular weight is 460 g/mol. The number of amidine groups is 1. The molecule has 1 aromatic heterocycles. The van der Waals surface area contributed by atoms with Crippen LogP contribution in [0.5, 0.6) is 5.75 Å². The van der Waals surface area contributed by atoms with Crippen LogP contribution in [-0.2, 0) is 14.3 Å². The number of aromatic nitrogens is 1. The smallest absolute Gasteiger partial charge is 0.355 e. The fraction of sp³-hybridized carbons (Fsp3) is 0.381. The van der Waals surface area contributed by atoms with E-state index >= 15 is 0 Å². The summed E-state index contributed by atoms with van der Waals surface area (Å²) in [6.07, 6.45) is 2.95. The first kappa shape index (κ1) is 23.2. The second-order valence-electron chi connectivity index (χ2n) is 7.21. The van der Waals surface area contributed by atoms with Crippen LogP contribution >= 0.6 is 11.3 Å². The first-order chi connectivity index (χ1) is 15.4. The molecule has 1 amide bonds. The molecular formula is C21H25N5O5S. The summed E-state index contributed by atoms with van der Waals surface area (Å²) in [5, 5.41) is 10.9. The highest BCUT2D eigenvalue weighted by Gasteiger charge is 2.27. The molecule has 1 aliphatic heterocycles. The Kier molecular flexibility index (Phi) is 7.77. The van der Waals surface area contributed by atoms with E-state index in [0.717, 1.165) is 0 Å². The number of methoxy groups -OCH3 is 1. The Hall–Kier alpha value is -3.47. The van der Waals surface area contributed by atoms with Gasteiger partial charge in [-0.15, -0.1) is 0 Å². The Labute approximate surface area is 189 Å². The molecule has 0 aliphatic carbocycles. The number of thiazole rings is 1. The number of rotatable bonds is 8. The molecule has 3 rings (SSSR count). The molecule has 0 unspecified atom stereocenters. The van der Waals surface area contributed by atoms with Gasteiger partial charge < -0.3 is 25.4 Å². The van der Waals surface area contributed by atoms with Crippen LogP contribution in [0.15, 0.2) is 30.5 Å². The number of carbonyl (C=O) groups excluding carboxylic acids is 3. The van der Waals surface area contributed by atoms with Crippen molar-refractivity contribution in [2.24, 2.45) is 11.7 Å². The Morgan fingerprint density at radius 1 is 1.25 bits per heavy atom. The molecule has 0 saturated carbocycles. The molecule has 10 nitrogen and oxygen atoms in total. The zero-order valence-corrected chi connectivity index (χ0v) is 18.4. The molecular weight excluding hydrogens is 434 g/mol. The monoisotopic (exact) mass is 459 g/mol. The number of ether oxygens (including phenoxy) is 2. The summed E-state index contributed by atoms with van der Waals surface area (Å²) in [7, 11) is 1.32. The van der Waals surface area contributed by atoms with Crippen molar-refractivity contribution in [3.05, 3.63) is 40.9 Å². The summed E-state index contributed by atoms with van der Waals surface area (Å²) >= 11 is 1.24. The number of carbonyl (C=O) groups is 3. The molecule has 0 bridgehead atoms. The van der Waals surface area contributed by atoms with Crippen molar-refractivity contribution in [1.29, 1.82) is 5.41 Å². The lowest BCUT2D eigenvalue weighted by molar-refractivity contribution is -0.140. The minimum Gasteiger partial charge on any atom is -0.469 e. The number of hydrogen-bond donors (Lipinski definition) is 3. The van der Waals surface area contributed by atoms with Gasteiger partial charge in [0.1, 0.15) is 16.5 Å². The summed E-state index contributed by atoms with van der Waals surface area (Å²) in [6.45, 7) is 1.55. The Balaban J connectivity index is 1.48. The van der Waals surface area contributed by atoms with E-state index in [2.05, 4.69) is 15.0 Å². The predicted octanol–water partition coefficient (Wildman–Crippen LogP) is 1.54. The maximum absolute atomic E-state index is 12.4. The van der Waals surface area contributed by atoms with Crippen molar-refractivity contribution >= 4 is 40.1 Å². The van der Waals surface area contributed by atoms with Gasteiger partial charge in [0.2, 0.25) is 5.91 Å². The van der Waals surface area contributed by atoms with Gasteiger partial charge in [0.05, 0.1) is 19.7 Å². The molecule has 0 spiro atoms. The highest BCUT2D eigenvalue weighted by atomic mass is 32.1. The van der Waals surface area contributed by atoms with Crippen molar-refractivity contribution in [3.63, 3.8) is 0 Å². The van der Waals surface area contributed by atoms with E-state index < -0.39 is 5.97 Å². The molecule has 170 valence electrons. The van der Waals surface area contributed by atoms with Crippen LogP contribution in [0.25, 0.3) is 0 Å². The zero-order chi connectivity index (χ0) is 23.1. The van der Waals surface area contributed by atoms with E-state index in [1.165, 1.54) is 24.6 Å². The van der Waals surface area contributed by atoms with Gasteiger partial charge in [0, 0.05) is 31.1 Å². The summed E-state index contributed by atoms with van der Waals surface area (Å²) in [6, 6.07) is 6.38. The topological polar surface area (TPSA) is 148 Å². The third-order valence-corrected chi connectivity index (χ3v) is 6.10. The highest BCUT2D eigenvalue weighted by molar-refractivity contribution is 7.17. The van der Waals surface area contributed by atoms with Crippen molar-refractivity contribution in [3.8, 4) is 5.75 Å². The minimum atomic E-state index is -0.510. The van der Waals surface area contributed by atoms with E-state index in [1.54, 1.807) is 24.3 Å². The van der Waals surface area contributed by atoms with Crippen molar-refractivity contribution in [2.75, 3.05) is 31.6 Å². The fourth-order valence-electron chi connectivity index (χ4n) is 3.23. The number of benzene rings is 1. The molecule has 32 heavy (non-hydrogen) atoms. The summed E-state index contributed by atoms with van der Waals surface area (Å²) in [5.74, 6) is -0.749. The molecule has 4 N–H and O–H groups in total. The van der Waals surface area contributed by atoms with Gasteiger partial charge in [-0.1, -0.05) is 11.3 Å². The third-order valence-electron chi connectivity index (χ3n) is 5.06. The lowest BCUT2D eigenvalue weighted by Gasteiger charge is -2.31. The van der Waals surface area contributed by atoms with E-state index in [9.17, 15) is 14.4 Å². The number of hydrogen-bond acceptors (Lipinski definition) is 9. The molecule has 0 radical (unpaired) electrons. The van der Waals surface area contributed by atoms with Gasteiger partial charge in [-0.05, 0) is 37.1 Å². The standard InChI is InChI=1S/C21H25N5O5S/c1-30-17(27)6-9-24-19(28)14-7-10-26(11-8-14)21-25-12-16(32-21)20(29)31-15-4-2-13(3-5-15)18(22)23/h2-5,12,14H,6-11H2,1H3,(H3,22,23)(H,24,28). The number of nitrogens with one attached hydrogen (secondary N) is 2. The number of piperidine rings is 1. The largest absolute Gasteiger partial charge is 0.469 e. The quantitative estimate of drug-likeness (QED) is 0.233. The summed E-state index contributed by atoms with van der Waals surface area (Å²) in [5.41, 5.74) is 5.96. The van der Waals surface area contributed by atoms with Crippen LogP contribution in [0.4, 0.5) is 5.13 Å². The molecule has 11 heteroatoms. The molecule has 1 aliphatic rings. The van der Waals surface area contributed by atoms with Gasteiger partial charge in [-0.25, -0.2) is 9.78 Å². The average Bonchev–Trinajstić information content (AvgIpc) is 3.30. The zero-order valence-electron chi connectivity index (χ0n) is 17.6. The van der Waals surface area contributed by atoms with Crippen LogP contribution in [0.1, 0.15) is 34.5 Å². The second-order valence-corrected chi connectivity index (χ2v) is 8.22. The number of nitrogen functional groups attached to an aromatic ring is 1. The maximum atomic E-state index is 12.4. The van der Waals surface area contributed by atoms with Crippen LogP contribution in [0, 0.1) is 11.3 Å². The SMILES string of the molecule is COC(=O)CCNC(=O)C1CCN(c2ncc(C(=O)Oc3ccc(C(=N)N)cc3)s2)CC1. The normalized spacial score (nSPS) is 14.0. The number of nitrogens with two attached hydrogens (primary N) is 1. The predicted molar refractivity (Wildman–Crippen MR) is 119 cm³/mol. The van der Waals surface area contributed by atoms with Gasteiger partial charge in [-0.3, -0.25) is 15.0 Å². The first-order valence-corrected chi connectivity index (χ1v) is 10.9. The first-order valence-electron chi connectivity index (χ1n) is 10.1. The van der Waals surface area contributed by atoms with Crippen LogP contribution < -0.4 is 20.7 Å². The van der Waals surface area contributed by atoms with E-state index in [4.69, 9.17) is 15.9 Å².